The van der Waals surface area contributed by atoms with Crippen LogP contribution in [-0.2, 0) is 19.1 Å². The molecule has 3 amide bonds. The number of amides is 3. The van der Waals surface area contributed by atoms with E-state index >= 15 is 0 Å². The second-order valence-electron chi connectivity index (χ2n) is 10.6. The fourth-order valence-electron chi connectivity index (χ4n) is 5.99. The molecule has 6 atom stereocenters. The highest BCUT2D eigenvalue weighted by Crippen LogP contribution is 2.58. The number of hydrogen-bond acceptors (Lipinski definition) is 5. The molecule has 176 valence electrons. The van der Waals surface area contributed by atoms with Crippen molar-refractivity contribution in [3.05, 3.63) is 24.3 Å². The first-order chi connectivity index (χ1) is 14.9. The van der Waals surface area contributed by atoms with Gasteiger partial charge in [-0.25, -0.2) is 0 Å². The lowest BCUT2D eigenvalue weighted by Gasteiger charge is -2.42. The minimum absolute atomic E-state index is 0.164. The van der Waals surface area contributed by atoms with Crippen LogP contribution in [0.3, 0.4) is 0 Å². The molecule has 1 unspecified atom stereocenters. The molecule has 0 aliphatic carbocycles. The van der Waals surface area contributed by atoms with Gasteiger partial charge in [-0.05, 0) is 34.1 Å². The average Bonchev–Trinajstić information content (AvgIpc) is 2.98. The van der Waals surface area contributed by atoms with Crippen molar-refractivity contribution in [1.82, 2.24) is 14.7 Å². The monoisotopic (exact) mass is 445 g/mol. The molecule has 4 rings (SSSR count). The van der Waals surface area contributed by atoms with E-state index < -0.39 is 40.7 Å². The molecule has 4 aliphatic heterocycles. The van der Waals surface area contributed by atoms with Gasteiger partial charge in [0.25, 0.3) is 0 Å². The molecule has 0 aromatic rings. The zero-order chi connectivity index (χ0) is 23.6. The Kier molecular flexibility index (Phi) is 5.33. The summed E-state index contributed by atoms with van der Waals surface area (Å²) in [7, 11) is 1.72. The van der Waals surface area contributed by atoms with Crippen molar-refractivity contribution < 1.29 is 24.2 Å². The van der Waals surface area contributed by atoms with Gasteiger partial charge in [0.1, 0.15) is 11.6 Å². The molecule has 8 nitrogen and oxygen atoms in total. The highest BCUT2D eigenvalue weighted by atomic mass is 16.5. The molecular formula is C24H35N3O5. The molecule has 0 radical (unpaired) electrons. The third-order valence-electron chi connectivity index (χ3n) is 7.58. The van der Waals surface area contributed by atoms with Crippen LogP contribution < -0.4 is 0 Å². The Labute approximate surface area is 189 Å². The summed E-state index contributed by atoms with van der Waals surface area (Å²) < 4.78 is 6.71. The van der Waals surface area contributed by atoms with Gasteiger partial charge in [0, 0.05) is 25.7 Å². The van der Waals surface area contributed by atoms with Crippen LogP contribution in [0.1, 0.15) is 41.0 Å². The van der Waals surface area contributed by atoms with Crippen molar-refractivity contribution in [1.29, 1.82) is 0 Å². The van der Waals surface area contributed by atoms with Crippen molar-refractivity contribution in [2.75, 3.05) is 26.7 Å². The molecule has 1 spiro atoms. The van der Waals surface area contributed by atoms with Gasteiger partial charge >= 0.3 is 0 Å². The Morgan fingerprint density at radius 1 is 1.09 bits per heavy atom. The molecule has 4 heterocycles. The van der Waals surface area contributed by atoms with Crippen LogP contribution in [0.15, 0.2) is 24.3 Å². The first-order valence-electron chi connectivity index (χ1n) is 11.5. The zero-order valence-corrected chi connectivity index (χ0v) is 19.9. The fourth-order valence-corrected chi connectivity index (χ4v) is 5.99. The summed E-state index contributed by atoms with van der Waals surface area (Å²) in [6, 6.07) is -1.47. The Hall–Kier alpha value is -2.19. The van der Waals surface area contributed by atoms with Crippen LogP contribution in [0.25, 0.3) is 0 Å². The topological polar surface area (TPSA) is 90.4 Å². The van der Waals surface area contributed by atoms with Gasteiger partial charge in [-0.1, -0.05) is 31.2 Å². The highest BCUT2D eigenvalue weighted by molar-refractivity contribution is 6.00. The summed E-state index contributed by atoms with van der Waals surface area (Å²) in [5.41, 5.74) is -2.74. The second-order valence-corrected chi connectivity index (χ2v) is 10.6. The predicted octanol–water partition coefficient (Wildman–Crippen LogP) is 0.953. The fraction of sp³-hybridized carbons (Fsp3) is 0.708. The van der Waals surface area contributed by atoms with Gasteiger partial charge in [-0.2, -0.15) is 0 Å². The SMILES string of the molecule is CC[C@@H](CO)N1C(=O)[C@@H]2[C@H]3C(=O)N(C)CC=C[C@@]3(C)O[C@@]23C=CCN(C(C)(C)C)C(=O)C13. The number of nitrogens with zero attached hydrogens (tertiary/aromatic N) is 3. The number of carbonyl (C=O) groups excluding carboxylic acids is 3. The van der Waals surface area contributed by atoms with Crippen LogP contribution in [0.2, 0.25) is 0 Å². The Bertz CT molecular complexity index is 889. The molecule has 0 saturated carbocycles. The van der Waals surface area contributed by atoms with Gasteiger partial charge in [-0.3, -0.25) is 14.4 Å². The van der Waals surface area contributed by atoms with Crippen molar-refractivity contribution in [2.45, 2.75) is 69.9 Å². The number of rotatable bonds is 3. The van der Waals surface area contributed by atoms with E-state index in [1.165, 1.54) is 4.90 Å². The number of ether oxygens (including phenoxy) is 1. The molecule has 0 bridgehead atoms. The largest absolute Gasteiger partial charge is 0.394 e. The quantitative estimate of drug-likeness (QED) is 0.654. The van der Waals surface area contributed by atoms with E-state index in [9.17, 15) is 19.5 Å². The lowest BCUT2D eigenvalue weighted by molar-refractivity contribution is -0.158. The maximum absolute atomic E-state index is 14.0. The molecule has 32 heavy (non-hydrogen) atoms. The van der Waals surface area contributed by atoms with Crippen molar-refractivity contribution in [3.63, 3.8) is 0 Å². The zero-order valence-electron chi connectivity index (χ0n) is 19.9. The van der Waals surface area contributed by atoms with Crippen LogP contribution in [0.4, 0.5) is 0 Å². The van der Waals surface area contributed by atoms with Gasteiger partial charge < -0.3 is 24.5 Å². The number of carbonyl (C=O) groups is 3. The molecule has 4 aliphatic rings. The maximum Gasteiger partial charge on any atom is 0.249 e. The lowest BCUT2D eigenvalue weighted by atomic mass is 9.74. The van der Waals surface area contributed by atoms with Crippen molar-refractivity contribution >= 4 is 17.7 Å². The van der Waals surface area contributed by atoms with Crippen molar-refractivity contribution in [2.24, 2.45) is 11.8 Å². The molecular weight excluding hydrogens is 410 g/mol. The molecule has 2 saturated heterocycles. The molecule has 0 aromatic carbocycles. The van der Waals surface area contributed by atoms with E-state index in [4.69, 9.17) is 4.74 Å². The maximum atomic E-state index is 14.0. The van der Waals surface area contributed by atoms with E-state index in [2.05, 4.69) is 0 Å². The Morgan fingerprint density at radius 3 is 2.34 bits per heavy atom. The van der Waals surface area contributed by atoms with E-state index in [0.717, 1.165) is 0 Å². The predicted molar refractivity (Wildman–Crippen MR) is 118 cm³/mol. The smallest absolute Gasteiger partial charge is 0.249 e. The van der Waals surface area contributed by atoms with Crippen LogP contribution in [0, 0.1) is 11.8 Å². The van der Waals surface area contributed by atoms with E-state index in [-0.39, 0.29) is 24.3 Å². The third kappa shape index (κ3) is 2.99. The summed E-state index contributed by atoms with van der Waals surface area (Å²) in [6.07, 6.45) is 7.98. The summed E-state index contributed by atoms with van der Waals surface area (Å²) in [6.45, 7) is 10.2. The number of hydrogen-bond donors (Lipinski definition) is 1. The standard InChI is InChI=1S/C24H35N3O5/c1-7-15(14-28)27-18-21(31)26(22(2,3)4)13-9-11-24(18)17(20(27)30)16-19(29)25(6)12-8-10-23(16,5)32-24/h8-11,15-18,28H,7,12-14H2,1-6H3/t15-,16-,17-,18?,23+,24-/m0/s1. The third-order valence-corrected chi connectivity index (χ3v) is 7.58. The molecule has 2 fully saturated rings. The minimum Gasteiger partial charge on any atom is -0.394 e. The highest BCUT2D eigenvalue weighted by Gasteiger charge is 2.75. The number of aliphatic hydroxyl groups excluding tert-OH is 1. The minimum atomic E-state index is -1.27. The van der Waals surface area contributed by atoms with Crippen LogP contribution in [0.5, 0.6) is 0 Å². The van der Waals surface area contributed by atoms with Gasteiger partial charge in [-0.15, -0.1) is 0 Å². The van der Waals surface area contributed by atoms with Gasteiger partial charge in [0.2, 0.25) is 17.7 Å². The first kappa shape index (κ1) is 23.0. The van der Waals surface area contributed by atoms with E-state index in [0.29, 0.717) is 19.5 Å². The first-order valence-corrected chi connectivity index (χ1v) is 11.5. The second kappa shape index (κ2) is 7.42. The summed E-state index contributed by atoms with van der Waals surface area (Å²) in [4.78, 5) is 46.4. The summed E-state index contributed by atoms with van der Waals surface area (Å²) in [5, 5.41) is 10.1. The average molecular weight is 446 g/mol. The number of fused-ring (bicyclic) bond motifs is 2. The van der Waals surface area contributed by atoms with E-state index in [1.807, 2.05) is 58.9 Å². The Balaban J connectivity index is 1.93. The number of aliphatic hydroxyl groups is 1. The lowest BCUT2D eigenvalue weighted by Crippen LogP contribution is -2.61. The summed E-state index contributed by atoms with van der Waals surface area (Å²) in [5.74, 6) is -2.26. The van der Waals surface area contributed by atoms with Gasteiger partial charge in [0.15, 0.2) is 0 Å². The Morgan fingerprint density at radius 2 is 1.75 bits per heavy atom. The van der Waals surface area contributed by atoms with Crippen LogP contribution >= 0.6 is 0 Å². The molecule has 1 N–H and O–H groups in total. The van der Waals surface area contributed by atoms with Gasteiger partial charge in [0.05, 0.1) is 30.1 Å². The number of likely N-dealkylation sites (tertiary alicyclic amines) is 1. The van der Waals surface area contributed by atoms with E-state index in [1.54, 1.807) is 16.8 Å². The summed E-state index contributed by atoms with van der Waals surface area (Å²) >= 11 is 0. The molecule has 8 heteroatoms. The molecule has 0 aromatic heterocycles. The van der Waals surface area contributed by atoms with Crippen molar-refractivity contribution in [3.8, 4) is 0 Å². The number of likely N-dealkylation sites (N-methyl/N-ethyl adjacent to an activating group) is 1. The van der Waals surface area contributed by atoms with Crippen LogP contribution in [-0.4, -0.2) is 93.1 Å². The normalized spacial score (nSPS) is 37.9.